The van der Waals surface area contributed by atoms with E-state index in [1.165, 1.54) is 0 Å². The molecule has 1 heterocycles. The van der Waals surface area contributed by atoms with Gasteiger partial charge in [0.15, 0.2) is 0 Å². The molecule has 1 saturated heterocycles. The molecule has 1 aliphatic rings. The van der Waals surface area contributed by atoms with Crippen LogP contribution in [0.1, 0.15) is 12.8 Å². The summed E-state index contributed by atoms with van der Waals surface area (Å²) in [5.41, 5.74) is -1.36. The summed E-state index contributed by atoms with van der Waals surface area (Å²) in [6, 6.07) is 0. The molecule has 0 bridgehead atoms. The Bertz CT molecular complexity index is 143. The number of nitrogens with one attached hydrogen (secondary N) is 1. The molecule has 1 N–H and O–H groups in total. The summed E-state index contributed by atoms with van der Waals surface area (Å²) in [6.07, 6.45) is -1.58. The van der Waals surface area contributed by atoms with E-state index in [4.69, 9.17) is 0 Å². The molecule has 64 valence electrons. The number of carbonyl (C=O) groups excluding carboxylic acids is 1. The van der Waals surface area contributed by atoms with Crippen LogP contribution in [0.25, 0.3) is 0 Å². The standard InChI is InChI=1S/C7H11F2NO/c8-6(9)7(5-11)1-3-10-4-2-7/h5-6,10H,1-4H2. The van der Waals surface area contributed by atoms with E-state index >= 15 is 0 Å². The van der Waals surface area contributed by atoms with Crippen molar-refractivity contribution in [2.45, 2.75) is 19.3 Å². The van der Waals surface area contributed by atoms with Crippen molar-refractivity contribution in [1.82, 2.24) is 5.32 Å². The van der Waals surface area contributed by atoms with E-state index in [1.54, 1.807) is 0 Å². The Morgan fingerprint density at radius 2 is 1.91 bits per heavy atom. The van der Waals surface area contributed by atoms with Gasteiger partial charge in [-0.1, -0.05) is 0 Å². The van der Waals surface area contributed by atoms with Gasteiger partial charge in [0.05, 0.1) is 5.41 Å². The van der Waals surface area contributed by atoms with Gasteiger partial charge in [-0.3, -0.25) is 0 Å². The largest absolute Gasteiger partial charge is 0.317 e. The molecule has 1 rings (SSSR count). The molecule has 1 aliphatic heterocycles. The van der Waals surface area contributed by atoms with E-state index in [0.717, 1.165) is 0 Å². The summed E-state index contributed by atoms with van der Waals surface area (Å²) in [4.78, 5) is 10.4. The van der Waals surface area contributed by atoms with Crippen molar-refractivity contribution < 1.29 is 13.6 Å². The first kappa shape index (κ1) is 8.59. The van der Waals surface area contributed by atoms with Crippen LogP contribution in [0, 0.1) is 5.41 Å². The zero-order chi connectivity index (χ0) is 8.32. The zero-order valence-electron chi connectivity index (χ0n) is 6.15. The smallest absolute Gasteiger partial charge is 0.250 e. The molecular formula is C7H11F2NO. The number of hydrogen-bond donors (Lipinski definition) is 1. The summed E-state index contributed by atoms with van der Waals surface area (Å²) in [5.74, 6) is 0. The van der Waals surface area contributed by atoms with Crippen molar-refractivity contribution in [3.8, 4) is 0 Å². The van der Waals surface area contributed by atoms with Gasteiger partial charge in [-0.05, 0) is 25.9 Å². The predicted octanol–water partition coefficient (Wildman–Crippen LogP) is 0.820. The second kappa shape index (κ2) is 3.26. The van der Waals surface area contributed by atoms with Gasteiger partial charge in [0.25, 0.3) is 6.43 Å². The third-order valence-corrected chi connectivity index (χ3v) is 2.20. The lowest BCUT2D eigenvalue weighted by Crippen LogP contribution is -2.42. The van der Waals surface area contributed by atoms with Crippen LogP contribution in [0.4, 0.5) is 8.78 Å². The van der Waals surface area contributed by atoms with Crippen LogP contribution in [-0.4, -0.2) is 25.8 Å². The molecule has 4 heteroatoms. The third-order valence-electron chi connectivity index (χ3n) is 2.20. The van der Waals surface area contributed by atoms with Crippen LogP contribution in [0.3, 0.4) is 0 Å². The van der Waals surface area contributed by atoms with Crippen molar-refractivity contribution in [2.75, 3.05) is 13.1 Å². The van der Waals surface area contributed by atoms with Gasteiger partial charge < -0.3 is 10.1 Å². The minimum atomic E-state index is -2.51. The van der Waals surface area contributed by atoms with Crippen molar-refractivity contribution in [2.24, 2.45) is 5.41 Å². The lowest BCUT2D eigenvalue weighted by atomic mass is 9.81. The fourth-order valence-electron chi connectivity index (χ4n) is 1.28. The van der Waals surface area contributed by atoms with Crippen LogP contribution in [0.5, 0.6) is 0 Å². The maximum Gasteiger partial charge on any atom is 0.250 e. The number of aldehydes is 1. The Morgan fingerprint density at radius 1 is 1.36 bits per heavy atom. The molecule has 0 aliphatic carbocycles. The van der Waals surface area contributed by atoms with E-state index in [9.17, 15) is 13.6 Å². The Hall–Kier alpha value is -0.510. The molecule has 0 spiro atoms. The zero-order valence-corrected chi connectivity index (χ0v) is 6.15. The highest BCUT2D eigenvalue weighted by molar-refractivity contribution is 5.60. The second-order valence-corrected chi connectivity index (χ2v) is 2.90. The highest BCUT2D eigenvalue weighted by Crippen LogP contribution is 2.32. The summed E-state index contributed by atoms with van der Waals surface area (Å²) in [7, 11) is 0. The average Bonchev–Trinajstić information content (AvgIpc) is 2.05. The number of hydrogen-bond acceptors (Lipinski definition) is 2. The summed E-state index contributed by atoms with van der Waals surface area (Å²) in [6.45, 7) is 1.03. The Labute approximate surface area is 64.0 Å². The first-order valence-corrected chi connectivity index (χ1v) is 3.66. The second-order valence-electron chi connectivity index (χ2n) is 2.90. The number of alkyl halides is 2. The van der Waals surface area contributed by atoms with Crippen molar-refractivity contribution in [3.63, 3.8) is 0 Å². The van der Waals surface area contributed by atoms with E-state index in [-0.39, 0.29) is 12.8 Å². The van der Waals surface area contributed by atoms with Crippen LogP contribution in [-0.2, 0) is 4.79 Å². The molecule has 0 radical (unpaired) electrons. The maximum atomic E-state index is 12.3. The molecule has 0 aromatic carbocycles. The first-order chi connectivity index (χ1) is 5.21. The SMILES string of the molecule is O=CC1(C(F)F)CCNCC1. The van der Waals surface area contributed by atoms with Crippen LogP contribution in [0.15, 0.2) is 0 Å². The average molecular weight is 163 g/mol. The van der Waals surface area contributed by atoms with Gasteiger partial charge in [0, 0.05) is 0 Å². The summed E-state index contributed by atoms with van der Waals surface area (Å²) < 4.78 is 24.6. The Balaban J connectivity index is 2.64. The fourth-order valence-corrected chi connectivity index (χ4v) is 1.28. The van der Waals surface area contributed by atoms with Gasteiger partial charge >= 0.3 is 0 Å². The minimum Gasteiger partial charge on any atom is -0.317 e. The molecule has 0 unspecified atom stereocenters. The fraction of sp³-hybridized carbons (Fsp3) is 0.857. The third kappa shape index (κ3) is 1.56. The monoisotopic (exact) mass is 163 g/mol. The quantitative estimate of drug-likeness (QED) is 0.610. The number of piperidine rings is 1. The minimum absolute atomic E-state index is 0.258. The molecular weight excluding hydrogens is 152 g/mol. The maximum absolute atomic E-state index is 12.3. The summed E-state index contributed by atoms with van der Waals surface area (Å²) in [5, 5.41) is 2.94. The lowest BCUT2D eigenvalue weighted by Gasteiger charge is -2.31. The highest BCUT2D eigenvalue weighted by Gasteiger charge is 2.40. The molecule has 0 aromatic heterocycles. The van der Waals surface area contributed by atoms with Crippen LogP contribution in [0.2, 0.25) is 0 Å². The number of rotatable bonds is 2. The molecule has 11 heavy (non-hydrogen) atoms. The molecule has 0 aromatic rings. The number of halogens is 2. The van der Waals surface area contributed by atoms with Gasteiger partial charge in [-0.25, -0.2) is 8.78 Å². The Kier molecular flexibility index (Phi) is 2.54. The van der Waals surface area contributed by atoms with E-state index in [1.807, 2.05) is 0 Å². The first-order valence-electron chi connectivity index (χ1n) is 3.66. The van der Waals surface area contributed by atoms with Crippen molar-refractivity contribution in [1.29, 1.82) is 0 Å². The molecule has 0 atom stereocenters. The number of carbonyl (C=O) groups is 1. The van der Waals surface area contributed by atoms with Gasteiger partial charge in [0.2, 0.25) is 0 Å². The van der Waals surface area contributed by atoms with Crippen LogP contribution < -0.4 is 5.32 Å². The van der Waals surface area contributed by atoms with Crippen molar-refractivity contribution >= 4 is 6.29 Å². The topological polar surface area (TPSA) is 29.1 Å². The molecule has 2 nitrogen and oxygen atoms in total. The van der Waals surface area contributed by atoms with Gasteiger partial charge in [-0.15, -0.1) is 0 Å². The lowest BCUT2D eigenvalue weighted by molar-refractivity contribution is -0.127. The molecule has 1 fully saturated rings. The van der Waals surface area contributed by atoms with Gasteiger partial charge in [0.1, 0.15) is 6.29 Å². The Morgan fingerprint density at radius 3 is 2.18 bits per heavy atom. The predicted molar refractivity (Wildman–Crippen MR) is 36.6 cm³/mol. The normalized spacial score (nSPS) is 23.5. The molecule has 0 amide bonds. The van der Waals surface area contributed by atoms with Crippen LogP contribution >= 0.6 is 0 Å². The molecule has 0 saturated carbocycles. The highest BCUT2D eigenvalue weighted by atomic mass is 19.3. The van der Waals surface area contributed by atoms with E-state index in [2.05, 4.69) is 5.32 Å². The van der Waals surface area contributed by atoms with E-state index in [0.29, 0.717) is 19.4 Å². The van der Waals surface area contributed by atoms with Gasteiger partial charge in [-0.2, -0.15) is 0 Å². The summed E-state index contributed by atoms with van der Waals surface area (Å²) >= 11 is 0. The van der Waals surface area contributed by atoms with Crippen molar-refractivity contribution in [3.05, 3.63) is 0 Å². The van der Waals surface area contributed by atoms with E-state index < -0.39 is 11.8 Å².